The molecule has 1 heterocycles. The molecule has 3 nitrogen and oxygen atoms in total. The second-order valence-corrected chi connectivity index (χ2v) is 4.52. The summed E-state index contributed by atoms with van der Waals surface area (Å²) in [5, 5.41) is 0. The second kappa shape index (κ2) is 5.94. The summed E-state index contributed by atoms with van der Waals surface area (Å²) >= 11 is 0. The third-order valence-corrected chi connectivity index (χ3v) is 2.81. The molecule has 1 fully saturated rings. The van der Waals surface area contributed by atoms with Crippen LogP contribution in [0.4, 0.5) is 0 Å². The summed E-state index contributed by atoms with van der Waals surface area (Å²) in [5.74, 6) is 0.275. The van der Waals surface area contributed by atoms with Gasteiger partial charge in [-0.3, -0.25) is 4.79 Å². The number of benzene rings is 1. The van der Waals surface area contributed by atoms with E-state index in [4.69, 9.17) is 9.47 Å². The van der Waals surface area contributed by atoms with Crippen LogP contribution in [-0.2, 0) is 20.9 Å². The molecular weight excluding hydrogens is 216 g/mol. The fourth-order valence-corrected chi connectivity index (χ4v) is 2.06. The smallest absolute Gasteiger partial charge is 0.138 e. The van der Waals surface area contributed by atoms with Crippen LogP contribution in [0.5, 0.6) is 0 Å². The normalized spacial score (nSPS) is 24.9. The molecule has 2 rings (SSSR count). The number of rotatable bonds is 4. The zero-order chi connectivity index (χ0) is 12.1. The van der Waals surface area contributed by atoms with Gasteiger partial charge in [0.2, 0.25) is 0 Å². The van der Waals surface area contributed by atoms with Gasteiger partial charge in [-0.05, 0) is 12.5 Å². The van der Waals surface area contributed by atoms with Crippen molar-refractivity contribution < 1.29 is 14.3 Å². The third kappa shape index (κ3) is 3.95. The predicted molar refractivity (Wildman–Crippen MR) is 64.7 cm³/mol. The summed E-state index contributed by atoms with van der Waals surface area (Å²) in [7, 11) is 0. The van der Waals surface area contributed by atoms with Crippen molar-refractivity contribution in [3.63, 3.8) is 0 Å². The van der Waals surface area contributed by atoms with Crippen molar-refractivity contribution in [2.24, 2.45) is 0 Å². The van der Waals surface area contributed by atoms with Crippen molar-refractivity contribution in [1.82, 2.24) is 0 Å². The minimum absolute atomic E-state index is 0.0292. The van der Waals surface area contributed by atoms with Gasteiger partial charge in [0.15, 0.2) is 0 Å². The van der Waals surface area contributed by atoms with Crippen molar-refractivity contribution in [2.45, 2.75) is 38.6 Å². The maximum Gasteiger partial charge on any atom is 0.138 e. The topological polar surface area (TPSA) is 35.5 Å². The minimum atomic E-state index is -0.0741. The Kier molecular flexibility index (Phi) is 4.29. The molecule has 1 aromatic rings. The third-order valence-electron chi connectivity index (χ3n) is 2.81. The summed E-state index contributed by atoms with van der Waals surface area (Å²) in [6.07, 6.45) is 0.977. The Morgan fingerprint density at radius 1 is 1.29 bits per heavy atom. The number of Topliss-reactive ketones (excluding diaryl/α,β-unsaturated/α-hetero) is 1. The van der Waals surface area contributed by atoms with Crippen molar-refractivity contribution in [1.29, 1.82) is 0 Å². The quantitative estimate of drug-likeness (QED) is 0.802. The van der Waals surface area contributed by atoms with Gasteiger partial charge in [0, 0.05) is 12.8 Å². The monoisotopic (exact) mass is 234 g/mol. The summed E-state index contributed by atoms with van der Waals surface area (Å²) in [4.78, 5) is 11.4. The van der Waals surface area contributed by atoms with Crippen LogP contribution in [0.3, 0.4) is 0 Å². The van der Waals surface area contributed by atoms with E-state index in [1.54, 1.807) is 0 Å². The van der Waals surface area contributed by atoms with Gasteiger partial charge >= 0.3 is 0 Å². The van der Waals surface area contributed by atoms with Gasteiger partial charge in [0.25, 0.3) is 0 Å². The summed E-state index contributed by atoms with van der Waals surface area (Å²) < 4.78 is 11.2. The molecule has 0 spiro atoms. The van der Waals surface area contributed by atoms with Gasteiger partial charge in [-0.1, -0.05) is 30.3 Å². The highest BCUT2D eigenvalue weighted by molar-refractivity contribution is 5.80. The van der Waals surface area contributed by atoms with Crippen molar-refractivity contribution in [3.8, 4) is 0 Å². The minimum Gasteiger partial charge on any atom is -0.374 e. The lowest BCUT2D eigenvalue weighted by molar-refractivity contribution is -0.139. The first-order valence-corrected chi connectivity index (χ1v) is 6.03. The Balaban J connectivity index is 1.73. The molecule has 17 heavy (non-hydrogen) atoms. The first-order chi connectivity index (χ1) is 8.24. The molecule has 1 aliphatic rings. The second-order valence-electron chi connectivity index (χ2n) is 4.52. The van der Waals surface area contributed by atoms with Gasteiger partial charge in [-0.2, -0.15) is 0 Å². The Morgan fingerprint density at radius 2 is 2.06 bits per heavy atom. The molecule has 0 aliphatic carbocycles. The first-order valence-electron chi connectivity index (χ1n) is 6.03. The van der Waals surface area contributed by atoms with Crippen LogP contribution in [0.2, 0.25) is 0 Å². The van der Waals surface area contributed by atoms with E-state index in [1.165, 1.54) is 0 Å². The van der Waals surface area contributed by atoms with Crippen LogP contribution in [0.1, 0.15) is 25.3 Å². The lowest BCUT2D eigenvalue weighted by Gasteiger charge is -2.26. The summed E-state index contributed by atoms with van der Waals surface area (Å²) in [5.41, 5.74) is 1.14. The number of ether oxygens (including phenoxy) is 2. The molecule has 0 radical (unpaired) electrons. The van der Waals surface area contributed by atoms with E-state index in [0.717, 1.165) is 5.56 Å². The average molecular weight is 234 g/mol. The van der Waals surface area contributed by atoms with Crippen molar-refractivity contribution in [3.05, 3.63) is 35.9 Å². The maximum absolute atomic E-state index is 11.4. The van der Waals surface area contributed by atoms with Crippen molar-refractivity contribution >= 4 is 5.78 Å². The fraction of sp³-hybridized carbons (Fsp3) is 0.500. The number of ketones is 1. The first kappa shape index (κ1) is 12.3. The van der Waals surface area contributed by atoms with Crippen molar-refractivity contribution in [2.75, 3.05) is 6.61 Å². The Morgan fingerprint density at radius 3 is 2.76 bits per heavy atom. The largest absolute Gasteiger partial charge is 0.374 e. The van der Waals surface area contributed by atoms with Crippen LogP contribution in [-0.4, -0.2) is 24.6 Å². The summed E-state index contributed by atoms with van der Waals surface area (Å²) in [6, 6.07) is 10.0. The van der Waals surface area contributed by atoms with Gasteiger partial charge in [-0.15, -0.1) is 0 Å². The average Bonchev–Trinajstić information content (AvgIpc) is 2.29. The standard InChI is InChI=1S/C14H18O3/c1-11-7-13(15)8-14(17-11)10-16-9-12-5-3-2-4-6-12/h2-6,11,14H,7-10H2,1H3/t11-,14-/m0/s1. The number of carbonyl (C=O) groups excluding carboxylic acids is 1. The number of carbonyl (C=O) groups is 1. The van der Waals surface area contributed by atoms with E-state index >= 15 is 0 Å². The van der Waals surface area contributed by atoms with E-state index < -0.39 is 0 Å². The molecule has 92 valence electrons. The molecule has 0 bridgehead atoms. The molecule has 0 saturated carbocycles. The molecule has 1 aromatic carbocycles. The molecule has 1 saturated heterocycles. The molecule has 2 atom stereocenters. The fourth-order valence-electron chi connectivity index (χ4n) is 2.06. The molecular formula is C14H18O3. The molecule has 0 aromatic heterocycles. The van der Waals surface area contributed by atoms with E-state index in [1.807, 2.05) is 37.3 Å². The van der Waals surface area contributed by atoms with Gasteiger partial charge in [-0.25, -0.2) is 0 Å². The lowest BCUT2D eigenvalue weighted by atomic mass is 10.0. The number of hydrogen-bond acceptors (Lipinski definition) is 3. The SMILES string of the molecule is C[C@H]1CC(=O)C[C@@H](COCc2ccccc2)O1. The zero-order valence-electron chi connectivity index (χ0n) is 10.1. The van der Waals surface area contributed by atoms with Crippen LogP contribution < -0.4 is 0 Å². The van der Waals surface area contributed by atoms with Gasteiger partial charge in [0.1, 0.15) is 5.78 Å². The van der Waals surface area contributed by atoms with Gasteiger partial charge in [0.05, 0.1) is 25.4 Å². The zero-order valence-corrected chi connectivity index (χ0v) is 10.1. The highest BCUT2D eigenvalue weighted by Gasteiger charge is 2.24. The van der Waals surface area contributed by atoms with E-state index in [0.29, 0.717) is 26.1 Å². The van der Waals surface area contributed by atoms with E-state index in [9.17, 15) is 4.79 Å². The molecule has 0 amide bonds. The molecule has 0 N–H and O–H groups in total. The van der Waals surface area contributed by atoms with Crippen LogP contribution >= 0.6 is 0 Å². The highest BCUT2D eigenvalue weighted by atomic mass is 16.5. The van der Waals surface area contributed by atoms with Crippen LogP contribution in [0.15, 0.2) is 30.3 Å². The van der Waals surface area contributed by atoms with Crippen LogP contribution in [0.25, 0.3) is 0 Å². The Labute approximate surface area is 102 Å². The molecule has 3 heteroatoms. The molecule has 1 aliphatic heterocycles. The summed E-state index contributed by atoms with van der Waals surface area (Å²) in [6.45, 7) is 3.00. The Bertz CT molecular complexity index is 361. The maximum atomic E-state index is 11.4. The highest BCUT2D eigenvalue weighted by Crippen LogP contribution is 2.16. The Hall–Kier alpha value is -1.19. The van der Waals surface area contributed by atoms with Gasteiger partial charge < -0.3 is 9.47 Å². The van der Waals surface area contributed by atoms with E-state index in [-0.39, 0.29) is 18.0 Å². The predicted octanol–water partition coefficient (Wildman–Crippen LogP) is 2.34. The van der Waals surface area contributed by atoms with E-state index in [2.05, 4.69) is 0 Å². The lowest BCUT2D eigenvalue weighted by Crippen LogP contribution is -2.34. The molecule has 0 unspecified atom stereocenters. The van der Waals surface area contributed by atoms with Crippen LogP contribution in [0, 0.1) is 0 Å². The number of hydrogen-bond donors (Lipinski definition) is 0.